The number of aryl methyl sites for hydroxylation is 1. The largest absolute Gasteiger partial charge is 0.445 e. The molecule has 0 saturated carbocycles. The van der Waals surface area contributed by atoms with Gasteiger partial charge in [0.2, 0.25) is 0 Å². The van der Waals surface area contributed by atoms with Gasteiger partial charge in [0.25, 0.3) is 5.91 Å². The Morgan fingerprint density at radius 3 is 3.00 bits per heavy atom. The highest BCUT2D eigenvalue weighted by atomic mass is 19.1. The molecular weight excluding hydrogens is 357 g/mol. The van der Waals surface area contributed by atoms with Crippen LogP contribution in [0.1, 0.15) is 52.0 Å². The molecule has 2 aromatic heterocycles. The number of pyridine rings is 1. The van der Waals surface area contributed by atoms with Gasteiger partial charge in [-0.3, -0.25) is 9.78 Å². The van der Waals surface area contributed by atoms with Crippen molar-refractivity contribution in [3.63, 3.8) is 0 Å². The minimum absolute atomic E-state index is 0.0469. The topological polar surface area (TPSA) is 59.2 Å². The molecule has 3 aromatic rings. The quantitative estimate of drug-likeness (QED) is 0.684. The number of hydrogen-bond acceptors (Lipinski definition) is 4. The van der Waals surface area contributed by atoms with Crippen LogP contribution in [0.2, 0.25) is 0 Å². The number of nitrogens with zero attached hydrogens (tertiary/aromatic N) is 3. The second kappa shape index (κ2) is 7.92. The average Bonchev–Trinajstić information content (AvgIpc) is 3.16. The molecule has 4 rings (SSSR count). The van der Waals surface area contributed by atoms with Crippen molar-refractivity contribution in [2.75, 3.05) is 13.1 Å². The minimum Gasteiger partial charge on any atom is -0.445 e. The van der Waals surface area contributed by atoms with Crippen LogP contribution in [0.25, 0.3) is 0 Å². The number of likely N-dealkylation sites (tertiary alicyclic amines) is 1. The Labute approximate surface area is 163 Å². The number of benzene rings is 1. The summed E-state index contributed by atoms with van der Waals surface area (Å²) in [6.45, 7) is 3.17. The summed E-state index contributed by atoms with van der Waals surface area (Å²) in [6.07, 6.45) is 5.65. The van der Waals surface area contributed by atoms with Crippen LogP contribution in [0.4, 0.5) is 4.39 Å². The van der Waals surface area contributed by atoms with Gasteiger partial charge in [0, 0.05) is 25.7 Å². The molecule has 1 aromatic carbocycles. The first kappa shape index (κ1) is 18.3. The predicted molar refractivity (Wildman–Crippen MR) is 103 cm³/mol. The van der Waals surface area contributed by atoms with Crippen molar-refractivity contribution in [2.24, 2.45) is 0 Å². The number of hydrogen-bond donors (Lipinski definition) is 0. The summed E-state index contributed by atoms with van der Waals surface area (Å²) in [7, 11) is 0. The van der Waals surface area contributed by atoms with E-state index in [0.717, 1.165) is 24.0 Å². The van der Waals surface area contributed by atoms with Crippen molar-refractivity contribution in [3.05, 3.63) is 83.1 Å². The molecule has 1 aliphatic rings. The Morgan fingerprint density at radius 2 is 2.18 bits per heavy atom. The van der Waals surface area contributed by atoms with Gasteiger partial charge in [0.05, 0.1) is 12.1 Å². The lowest BCUT2D eigenvalue weighted by Crippen LogP contribution is -2.39. The minimum atomic E-state index is -0.261. The van der Waals surface area contributed by atoms with E-state index in [9.17, 15) is 9.18 Å². The van der Waals surface area contributed by atoms with Gasteiger partial charge in [-0.15, -0.1) is 0 Å². The highest BCUT2D eigenvalue weighted by molar-refractivity contribution is 5.93. The van der Waals surface area contributed by atoms with Crippen LogP contribution in [0.3, 0.4) is 0 Å². The standard InChI is InChI=1S/C22H22FN3O2/c1-15-5-3-9-24-20(15)22(27)26-10-4-7-17(14-26)21-25-13-19(28-21)12-16-6-2-8-18(23)11-16/h2-3,5-6,8-9,11,13,17H,4,7,10,12,14H2,1H3/t17-/m1/s1. The Bertz CT molecular complexity index is 985. The van der Waals surface area contributed by atoms with E-state index in [2.05, 4.69) is 9.97 Å². The smallest absolute Gasteiger partial charge is 0.272 e. The fourth-order valence-electron chi connectivity index (χ4n) is 3.66. The van der Waals surface area contributed by atoms with Crippen molar-refractivity contribution in [1.82, 2.24) is 14.9 Å². The molecule has 6 heteroatoms. The highest BCUT2D eigenvalue weighted by Gasteiger charge is 2.29. The van der Waals surface area contributed by atoms with Crippen LogP contribution in [-0.4, -0.2) is 33.9 Å². The molecular formula is C22H22FN3O2. The van der Waals surface area contributed by atoms with Gasteiger partial charge < -0.3 is 9.32 Å². The van der Waals surface area contributed by atoms with E-state index in [4.69, 9.17) is 4.42 Å². The summed E-state index contributed by atoms with van der Waals surface area (Å²) in [5.41, 5.74) is 2.22. The van der Waals surface area contributed by atoms with E-state index in [1.165, 1.54) is 12.1 Å². The molecule has 0 N–H and O–H groups in total. The molecule has 0 spiro atoms. The zero-order valence-electron chi connectivity index (χ0n) is 15.8. The molecule has 1 atom stereocenters. The number of rotatable bonds is 4. The SMILES string of the molecule is Cc1cccnc1C(=O)N1CCC[C@@H](c2ncc(Cc3cccc(F)c3)o2)C1. The predicted octanol–water partition coefficient (Wildman–Crippen LogP) is 4.13. The lowest BCUT2D eigenvalue weighted by atomic mass is 9.97. The molecule has 5 nitrogen and oxygen atoms in total. The van der Waals surface area contributed by atoms with Crippen LogP contribution in [0, 0.1) is 12.7 Å². The Hall–Kier alpha value is -3.02. The van der Waals surface area contributed by atoms with E-state index < -0.39 is 0 Å². The third-order valence-electron chi connectivity index (χ3n) is 5.11. The van der Waals surface area contributed by atoms with Crippen LogP contribution in [-0.2, 0) is 6.42 Å². The molecule has 3 heterocycles. The third-order valence-corrected chi connectivity index (χ3v) is 5.11. The van der Waals surface area contributed by atoms with Crippen LogP contribution in [0.5, 0.6) is 0 Å². The maximum absolute atomic E-state index is 13.4. The van der Waals surface area contributed by atoms with Crippen LogP contribution in [0.15, 0.2) is 53.2 Å². The highest BCUT2D eigenvalue weighted by Crippen LogP contribution is 2.28. The van der Waals surface area contributed by atoms with Crippen molar-refractivity contribution < 1.29 is 13.6 Å². The average molecular weight is 379 g/mol. The van der Waals surface area contributed by atoms with Crippen molar-refractivity contribution >= 4 is 5.91 Å². The molecule has 0 unspecified atom stereocenters. The number of oxazole rings is 1. The van der Waals surface area contributed by atoms with Gasteiger partial charge in [0.1, 0.15) is 17.3 Å². The zero-order chi connectivity index (χ0) is 19.5. The molecule has 0 aliphatic carbocycles. The number of aromatic nitrogens is 2. The fourth-order valence-corrected chi connectivity index (χ4v) is 3.66. The van der Waals surface area contributed by atoms with Gasteiger partial charge >= 0.3 is 0 Å². The first-order valence-electron chi connectivity index (χ1n) is 9.50. The fraction of sp³-hybridized carbons (Fsp3) is 0.318. The van der Waals surface area contributed by atoms with E-state index in [-0.39, 0.29) is 17.6 Å². The van der Waals surface area contributed by atoms with Gasteiger partial charge in [-0.25, -0.2) is 9.37 Å². The van der Waals surface area contributed by atoms with Crippen LogP contribution < -0.4 is 0 Å². The molecule has 1 fully saturated rings. The summed E-state index contributed by atoms with van der Waals surface area (Å²) in [6, 6.07) is 10.2. The van der Waals surface area contributed by atoms with Crippen molar-refractivity contribution in [2.45, 2.75) is 32.1 Å². The van der Waals surface area contributed by atoms with Gasteiger partial charge in [0.15, 0.2) is 5.89 Å². The number of carbonyl (C=O) groups is 1. The molecule has 28 heavy (non-hydrogen) atoms. The second-order valence-electron chi connectivity index (χ2n) is 7.23. The molecule has 1 amide bonds. The third kappa shape index (κ3) is 3.96. The van der Waals surface area contributed by atoms with Crippen molar-refractivity contribution in [1.29, 1.82) is 0 Å². The zero-order valence-corrected chi connectivity index (χ0v) is 15.8. The van der Waals surface area contributed by atoms with Crippen LogP contribution >= 0.6 is 0 Å². The summed E-state index contributed by atoms with van der Waals surface area (Å²) in [5, 5.41) is 0. The second-order valence-corrected chi connectivity index (χ2v) is 7.23. The first-order valence-corrected chi connectivity index (χ1v) is 9.50. The molecule has 1 aliphatic heterocycles. The van der Waals surface area contributed by atoms with Gasteiger partial charge in [-0.05, 0) is 49.1 Å². The summed E-state index contributed by atoms with van der Waals surface area (Å²) in [5.74, 6) is 1.09. The van der Waals surface area contributed by atoms with Crippen molar-refractivity contribution in [3.8, 4) is 0 Å². The normalized spacial score (nSPS) is 16.9. The number of amides is 1. The maximum Gasteiger partial charge on any atom is 0.272 e. The van der Waals surface area contributed by atoms with E-state index >= 15 is 0 Å². The Morgan fingerprint density at radius 1 is 1.29 bits per heavy atom. The van der Waals surface area contributed by atoms with E-state index in [1.54, 1.807) is 18.5 Å². The monoisotopic (exact) mass is 379 g/mol. The van der Waals surface area contributed by atoms with E-state index in [1.807, 2.05) is 30.0 Å². The van der Waals surface area contributed by atoms with E-state index in [0.29, 0.717) is 36.9 Å². The lowest BCUT2D eigenvalue weighted by molar-refractivity contribution is 0.0691. The number of halogens is 1. The Balaban J connectivity index is 1.46. The summed E-state index contributed by atoms with van der Waals surface area (Å²) in [4.78, 5) is 23.4. The maximum atomic E-state index is 13.4. The van der Waals surface area contributed by atoms with Gasteiger partial charge in [-0.1, -0.05) is 18.2 Å². The molecule has 0 radical (unpaired) electrons. The summed E-state index contributed by atoms with van der Waals surface area (Å²) >= 11 is 0. The first-order chi connectivity index (χ1) is 13.6. The number of carbonyl (C=O) groups excluding carboxylic acids is 1. The number of piperidine rings is 1. The Kier molecular flexibility index (Phi) is 5.19. The molecule has 0 bridgehead atoms. The molecule has 1 saturated heterocycles. The molecule has 144 valence electrons. The summed E-state index contributed by atoms with van der Waals surface area (Å²) < 4.78 is 19.3. The lowest BCUT2D eigenvalue weighted by Gasteiger charge is -2.31. The van der Waals surface area contributed by atoms with Gasteiger partial charge in [-0.2, -0.15) is 0 Å².